The molecule has 2 aliphatic rings. The van der Waals surface area contributed by atoms with Gasteiger partial charge in [-0.1, -0.05) is 18.2 Å². The van der Waals surface area contributed by atoms with Crippen LogP contribution >= 0.6 is 11.3 Å². The molecule has 0 unspecified atom stereocenters. The molecule has 0 amide bonds. The predicted molar refractivity (Wildman–Crippen MR) is 135 cm³/mol. The zero-order valence-electron chi connectivity index (χ0n) is 19.0. The highest BCUT2D eigenvalue weighted by atomic mass is 32.1. The van der Waals surface area contributed by atoms with Crippen molar-refractivity contribution in [1.29, 1.82) is 0 Å². The lowest BCUT2D eigenvalue weighted by Crippen LogP contribution is -2.46. The molecule has 0 aliphatic carbocycles. The van der Waals surface area contributed by atoms with Crippen molar-refractivity contribution in [3.63, 3.8) is 0 Å². The number of rotatable bonds is 7. The van der Waals surface area contributed by atoms with Crippen molar-refractivity contribution in [2.75, 3.05) is 75.9 Å². The van der Waals surface area contributed by atoms with Gasteiger partial charge >= 0.3 is 0 Å². The Labute approximate surface area is 195 Å². The number of para-hydroxylation sites is 2. The fraction of sp³-hybridized carbons (Fsp3) is 0.462. The Bertz CT molecular complexity index is 1020. The van der Waals surface area contributed by atoms with Gasteiger partial charge in [0.1, 0.15) is 5.75 Å². The second kappa shape index (κ2) is 10.1. The Morgan fingerprint density at radius 1 is 0.875 bits per heavy atom. The van der Waals surface area contributed by atoms with E-state index in [1.165, 1.54) is 33.4 Å². The first-order valence-electron chi connectivity index (χ1n) is 11.8. The number of nitrogens with zero attached hydrogens (tertiary/aromatic N) is 3. The van der Waals surface area contributed by atoms with Crippen molar-refractivity contribution >= 4 is 32.8 Å². The van der Waals surface area contributed by atoms with Gasteiger partial charge in [0.2, 0.25) is 0 Å². The molecule has 3 aromatic rings. The third-order valence-corrected chi connectivity index (χ3v) is 7.72. The largest absolute Gasteiger partial charge is 0.495 e. The summed E-state index contributed by atoms with van der Waals surface area (Å²) in [4.78, 5) is 7.57. The standard InChI is InChI=1S/C26H33N3O2S/c1-30-24-9-3-2-7-22(24)28-14-12-27(13-15-28)11-5-6-21-20-32-25-10-4-8-23(26(21)25)29-16-18-31-19-17-29/h2-4,7-10,20H,5-6,11-19H2,1H3. The van der Waals surface area contributed by atoms with E-state index in [1.807, 2.05) is 17.4 Å². The number of methoxy groups -OCH3 is 1. The Balaban J connectivity index is 1.18. The smallest absolute Gasteiger partial charge is 0.142 e. The van der Waals surface area contributed by atoms with Crippen molar-refractivity contribution in [2.24, 2.45) is 0 Å². The van der Waals surface area contributed by atoms with Gasteiger partial charge in [0.05, 0.1) is 26.0 Å². The summed E-state index contributed by atoms with van der Waals surface area (Å²) >= 11 is 1.89. The van der Waals surface area contributed by atoms with Crippen LogP contribution in [-0.4, -0.2) is 71.0 Å². The number of fused-ring (bicyclic) bond motifs is 1. The Hall–Kier alpha value is -2.28. The lowest BCUT2D eigenvalue weighted by atomic mass is 10.1. The molecule has 5 nitrogen and oxygen atoms in total. The maximum Gasteiger partial charge on any atom is 0.142 e. The zero-order valence-corrected chi connectivity index (χ0v) is 19.8. The van der Waals surface area contributed by atoms with E-state index in [0.29, 0.717) is 0 Å². The van der Waals surface area contributed by atoms with Crippen LogP contribution in [0.25, 0.3) is 10.1 Å². The van der Waals surface area contributed by atoms with Gasteiger partial charge in [0.25, 0.3) is 0 Å². The Kier molecular flexibility index (Phi) is 6.81. The molecular formula is C26H33N3O2S. The molecule has 5 rings (SSSR count). The molecule has 32 heavy (non-hydrogen) atoms. The first-order valence-corrected chi connectivity index (χ1v) is 12.6. The summed E-state index contributed by atoms with van der Waals surface area (Å²) in [5.74, 6) is 0.973. The zero-order chi connectivity index (χ0) is 21.8. The minimum atomic E-state index is 0.830. The van der Waals surface area contributed by atoms with Crippen molar-refractivity contribution in [3.05, 3.63) is 53.4 Å². The molecule has 2 saturated heterocycles. The number of anilines is 2. The maximum absolute atomic E-state index is 5.57. The van der Waals surface area contributed by atoms with E-state index in [-0.39, 0.29) is 0 Å². The van der Waals surface area contributed by atoms with E-state index in [2.05, 4.69) is 56.5 Å². The third kappa shape index (κ3) is 4.58. The van der Waals surface area contributed by atoms with Crippen LogP contribution in [0.5, 0.6) is 5.75 Å². The molecular weight excluding hydrogens is 418 g/mol. The summed E-state index contributed by atoms with van der Waals surface area (Å²) < 4.78 is 12.5. The molecule has 0 bridgehead atoms. The second-order valence-electron chi connectivity index (χ2n) is 8.61. The molecule has 0 N–H and O–H groups in total. The van der Waals surface area contributed by atoms with Gasteiger partial charge in [-0.05, 0) is 54.6 Å². The Morgan fingerprint density at radius 2 is 1.62 bits per heavy atom. The molecule has 2 aliphatic heterocycles. The quantitative estimate of drug-likeness (QED) is 0.527. The van der Waals surface area contributed by atoms with Crippen molar-refractivity contribution in [3.8, 4) is 5.75 Å². The first-order chi connectivity index (χ1) is 15.8. The van der Waals surface area contributed by atoms with E-state index in [1.54, 1.807) is 7.11 Å². The van der Waals surface area contributed by atoms with Crippen LogP contribution in [0.4, 0.5) is 11.4 Å². The predicted octanol–water partition coefficient (Wildman–Crippen LogP) is 4.50. The topological polar surface area (TPSA) is 28.2 Å². The summed E-state index contributed by atoms with van der Waals surface area (Å²) in [5.41, 5.74) is 4.13. The second-order valence-corrected chi connectivity index (χ2v) is 9.53. The van der Waals surface area contributed by atoms with Crippen molar-refractivity contribution in [1.82, 2.24) is 4.90 Å². The third-order valence-electron chi connectivity index (χ3n) is 6.72. The van der Waals surface area contributed by atoms with Crippen LogP contribution < -0.4 is 14.5 Å². The highest BCUT2D eigenvalue weighted by molar-refractivity contribution is 7.17. The number of thiophene rings is 1. The number of hydrogen-bond acceptors (Lipinski definition) is 6. The van der Waals surface area contributed by atoms with E-state index >= 15 is 0 Å². The van der Waals surface area contributed by atoms with Gasteiger partial charge < -0.3 is 19.3 Å². The molecule has 2 fully saturated rings. The molecule has 2 aromatic carbocycles. The number of ether oxygens (including phenoxy) is 2. The molecule has 0 saturated carbocycles. The number of benzene rings is 2. The lowest BCUT2D eigenvalue weighted by molar-refractivity contribution is 0.123. The molecule has 1 aromatic heterocycles. The molecule has 0 spiro atoms. The summed E-state index contributed by atoms with van der Waals surface area (Å²) in [6.07, 6.45) is 2.35. The fourth-order valence-electron chi connectivity index (χ4n) is 4.98. The van der Waals surface area contributed by atoms with Gasteiger partial charge in [0, 0.05) is 55.0 Å². The van der Waals surface area contributed by atoms with Gasteiger partial charge in [0.15, 0.2) is 0 Å². The number of hydrogen-bond donors (Lipinski definition) is 0. The van der Waals surface area contributed by atoms with Gasteiger partial charge in [-0.3, -0.25) is 4.90 Å². The minimum absolute atomic E-state index is 0.830. The molecule has 170 valence electrons. The van der Waals surface area contributed by atoms with Gasteiger partial charge in [-0.25, -0.2) is 0 Å². The molecule has 0 atom stereocenters. The lowest BCUT2D eigenvalue weighted by Gasteiger charge is -2.36. The molecule has 0 radical (unpaired) electrons. The number of piperazine rings is 1. The highest BCUT2D eigenvalue weighted by Gasteiger charge is 2.20. The van der Waals surface area contributed by atoms with Crippen molar-refractivity contribution in [2.45, 2.75) is 12.8 Å². The van der Waals surface area contributed by atoms with Crippen LogP contribution in [0.2, 0.25) is 0 Å². The monoisotopic (exact) mass is 451 g/mol. The molecule has 6 heteroatoms. The summed E-state index contributed by atoms with van der Waals surface area (Å²) in [7, 11) is 1.76. The summed E-state index contributed by atoms with van der Waals surface area (Å²) in [6, 6.07) is 15.1. The van der Waals surface area contributed by atoms with Crippen LogP contribution in [0.3, 0.4) is 0 Å². The van der Waals surface area contributed by atoms with E-state index in [0.717, 1.165) is 71.2 Å². The van der Waals surface area contributed by atoms with Crippen LogP contribution in [0.1, 0.15) is 12.0 Å². The first kappa shape index (κ1) is 21.6. The average Bonchev–Trinajstić information content (AvgIpc) is 3.28. The number of morpholine rings is 1. The summed E-state index contributed by atoms with van der Waals surface area (Å²) in [6.45, 7) is 9.15. The van der Waals surface area contributed by atoms with Crippen LogP contribution in [-0.2, 0) is 11.2 Å². The molecule has 3 heterocycles. The van der Waals surface area contributed by atoms with E-state index < -0.39 is 0 Å². The van der Waals surface area contributed by atoms with E-state index in [4.69, 9.17) is 9.47 Å². The summed E-state index contributed by atoms with van der Waals surface area (Å²) in [5, 5.41) is 3.86. The van der Waals surface area contributed by atoms with Gasteiger partial charge in [-0.2, -0.15) is 0 Å². The van der Waals surface area contributed by atoms with Crippen LogP contribution in [0.15, 0.2) is 47.8 Å². The SMILES string of the molecule is COc1ccccc1N1CCN(CCCc2csc3cccc(N4CCOCC4)c23)CC1. The maximum atomic E-state index is 5.57. The van der Waals surface area contributed by atoms with Crippen LogP contribution in [0, 0.1) is 0 Å². The van der Waals surface area contributed by atoms with E-state index in [9.17, 15) is 0 Å². The minimum Gasteiger partial charge on any atom is -0.495 e. The highest BCUT2D eigenvalue weighted by Crippen LogP contribution is 2.35. The fourth-order valence-corrected chi connectivity index (χ4v) is 6.00. The van der Waals surface area contributed by atoms with Gasteiger partial charge in [-0.15, -0.1) is 11.3 Å². The normalized spacial score (nSPS) is 17.8. The Morgan fingerprint density at radius 3 is 2.44 bits per heavy atom. The number of aryl methyl sites for hydroxylation is 1. The van der Waals surface area contributed by atoms with Crippen molar-refractivity contribution < 1.29 is 9.47 Å². The average molecular weight is 452 g/mol.